The van der Waals surface area contributed by atoms with Gasteiger partial charge in [-0.25, -0.2) is 56.6 Å². The molecule has 762 valence electrons. The number of imidazole rings is 1. The van der Waals surface area contributed by atoms with Gasteiger partial charge in [0.2, 0.25) is 17.7 Å². The van der Waals surface area contributed by atoms with Gasteiger partial charge in [-0.1, -0.05) is 174 Å². The molecule has 0 saturated carbocycles. The Morgan fingerprint density at radius 2 is 0.705 bits per heavy atom. The fourth-order valence-electron chi connectivity index (χ4n) is 16.4. The van der Waals surface area contributed by atoms with E-state index in [1.165, 1.54) is 45.7 Å². The molecule has 0 radical (unpaired) electrons. The third kappa shape index (κ3) is 37.2. The largest absolute Gasteiger partial charge is 0.390 e. The van der Waals surface area contributed by atoms with Crippen LogP contribution in [0, 0.1) is 41.8 Å². The molecule has 9 atom stereocenters. The van der Waals surface area contributed by atoms with Crippen molar-refractivity contribution in [3.05, 3.63) is 266 Å². The van der Waals surface area contributed by atoms with Crippen LogP contribution in [0.2, 0.25) is 0 Å². The number of aromatic nitrogens is 6. The highest BCUT2D eigenvalue weighted by atomic mass is 32.2. The molecule has 139 heavy (non-hydrogen) atoms. The first kappa shape index (κ1) is 115. The number of carbonyl (C=O) groups excluding carboxylic acids is 6. The predicted octanol–water partition coefficient (Wildman–Crippen LogP) is 11.4. The third-order valence-corrected chi connectivity index (χ3v) is 30.6. The van der Waals surface area contributed by atoms with Gasteiger partial charge in [0, 0.05) is 87.5 Å². The lowest BCUT2D eigenvalue weighted by atomic mass is 10.0. The molecule has 3 unspecified atom stereocenters. The minimum absolute atomic E-state index is 0.0112. The van der Waals surface area contributed by atoms with E-state index in [0.29, 0.717) is 82.7 Å². The van der Waals surface area contributed by atoms with Crippen molar-refractivity contribution in [3.63, 3.8) is 0 Å². The molecule has 0 bridgehead atoms. The van der Waals surface area contributed by atoms with Crippen LogP contribution in [0.15, 0.2) is 158 Å². The molecular formula is C100H137F6N15O15S3. The molecular weight excluding hydrogens is 1860 g/mol. The minimum Gasteiger partial charge on any atom is -0.390 e. The van der Waals surface area contributed by atoms with Crippen LogP contribution >= 0.6 is 0 Å². The Morgan fingerprint density at radius 1 is 0.403 bits per heavy atom. The zero-order valence-corrected chi connectivity index (χ0v) is 83.1. The summed E-state index contributed by atoms with van der Waals surface area (Å²) in [5.41, 5.74) is 25.4. The standard InChI is InChI=1S/C34H47F2N5O5S.2C33H45F2N5O5S/c1-5-9-28(10-6-2)47(45,46)21-31(38-33(43)30-13-22(4)39-40-30)34(44)41(19-24-12-8-11-23(7-3)14-24)20-32(42)29(37)17-25-15-26(35)18-27(36)16-25;1-4-8-28(9-5-2)46(44,45)21-30(39-32(42)25-17-37-38-18-25)33(43)40(19-23-11-7-10-22(6-3)12-23)20-31(41)29(36)15-24-13-26(34)16-27(35)14-24;1-4-8-27(9-5-2)46(44,45)20-30(39-32(42)29-17-37-21-38-29)33(43)40(18-23-11-7-10-22(6-3)12-23)19-31(41)28(36)15-24-13-25(34)16-26(35)14-24/h8,11-16,18,28-29,31-32,42H,5-7,9-10,17,19-21,37H2,1-4H3,(H,38,43)(H,39,40);7,10-14,16-18,28-31,41H,4-6,8-9,15,19-21,36H2,1-3H3,(H,37,38)(H,39,42);7,10-14,16-17,21,27-28,30-31,41H,4-6,8-9,15,18-20,36H2,1-3H3,(H,37,38)(H,39,42)/t29-,31?,32+;29-,30?,31+;28-,30?,31+/m000/s1. The lowest BCUT2D eigenvalue weighted by molar-refractivity contribution is -0.135. The fraction of sp³-hybridized carbons (Fsp3) is 0.490. The number of halogens is 6. The number of aliphatic hydroxyl groups excluding tert-OH is 3. The summed E-state index contributed by atoms with van der Waals surface area (Å²) < 4.78 is 165. The molecule has 6 aromatic carbocycles. The number of H-pyrrole nitrogens is 3. The molecule has 0 fully saturated rings. The molecule has 0 saturated heterocycles. The first-order valence-electron chi connectivity index (χ1n) is 47.3. The van der Waals surface area contributed by atoms with Crippen LogP contribution in [0.3, 0.4) is 0 Å². The summed E-state index contributed by atoms with van der Waals surface area (Å²) in [6.07, 6.45) is 9.19. The predicted molar refractivity (Wildman–Crippen MR) is 522 cm³/mol. The van der Waals surface area contributed by atoms with Gasteiger partial charge in [0.15, 0.2) is 29.5 Å². The lowest BCUT2D eigenvalue weighted by Gasteiger charge is -2.32. The summed E-state index contributed by atoms with van der Waals surface area (Å²) >= 11 is 0. The molecule has 15 N–H and O–H groups in total. The number of sulfone groups is 3. The van der Waals surface area contributed by atoms with Crippen molar-refractivity contribution in [2.75, 3.05) is 36.9 Å². The first-order chi connectivity index (χ1) is 66.0. The van der Waals surface area contributed by atoms with Crippen molar-refractivity contribution < 1.29 is 95.7 Å². The molecule has 9 rings (SSSR count). The lowest BCUT2D eigenvalue weighted by Crippen LogP contribution is -2.55. The van der Waals surface area contributed by atoms with Crippen molar-refractivity contribution in [1.82, 2.24) is 61.0 Å². The number of aromatic amines is 3. The van der Waals surface area contributed by atoms with Gasteiger partial charge in [-0.15, -0.1) is 0 Å². The Kier molecular flexibility index (Phi) is 46.6. The Balaban J connectivity index is 0.000000284. The second-order valence-electron chi connectivity index (χ2n) is 35.4. The highest BCUT2D eigenvalue weighted by Crippen LogP contribution is 2.26. The van der Waals surface area contributed by atoms with Gasteiger partial charge in [-0.2, -0.15) is 10.2 Å². The molecule has 0 aliphatic carbocycles. The van der Waals surface area contributed by atoms with Crippen LogP contribution < -0.4 is 33.2 Å². The normalized spacial score (nSPS) is 13.7. The topological polar surface area (TPSA) is 475 Å². The smallest absolute Gasteiger partial charge is 0.272 e. The Hall–Kier alpha value is -11.0. The van der Waals surface area contributed by atoms with E-state index in [9.17, 15) is 95.7 Å². The molecule has 3 heterocycles. The number of aliphatic hydroxyl groups is 3. The first-order valence-corrected chi connectivity index (χ1v) is 52.4. The van der Waals surface area contributed by atoms with Crippen LogP contribution in [-0.2, 0) is 102 Å². The summed E-state index contributed by atoms with van der Waals surface area (Å²) in [5.74, 6) is -11.0. The fourth-order valence-corrected chi connectivity index (χ4v) is 22.9. The van der Waals surface area contributed by atoms with Crippen molar-refractivity contribution in [3.8, 4) is 0 Å². The van der Waals surface area contributed by atoms with E-state index in [4.69, 9.17) is 17.2 Å². The van der Waals surface area contributed by atoms with E-state index in [1.54, 1.807) is 25.1 Å². The van der Waals surface area contributed by atoms with Gasteiger partial charge in [0.05, 0.1) is 75.6 Å². The second-order valence-corrected chi connectivity index (χ2v) is 42.3. The van der Waals surface area contributed by atoms with Gasteiger partial charge in [-0.3, -0.25) is 39.0 Å². The second kappa shape index (κ2) is 56.4. The number of hydrogen-bond donors (Lipinski definition) is 12. The van der Waals surface area contributed by atoms with Gasteiger partial charge >= 0.3 is 0 Å². The maximum atomic E-state index is 14.4. The summed E-state index contributed by atoms with van der Waals surface area (Å²) in [6, 6.07) is 25.2. The summed E-state index contributed by atoms with van der Waals surface area (Å²) in [4.78, 5) is 92.7. The van der Waals surface area contributed by atoms with E-state index in [1.807, 2.05) is 117 Å². The average Bonchev–Trinajstić information content (AvgIpc) is 1.80. The third-order valence-electron chi connectivity index (χ3n) is 23.8. The summed E-state index contributed by atoms with van der Waals surface area (Å²) in [6.45, 7) is 17.9. The molecule has 0 aliphatic rings. The van der Waals surface area contributed by atoms with Crippen LogP contribution in [-0.4, -0.2) is 228 Å². The van der Waals surface area contributed by atoms with E-state index >= 15 is 0 Å². The number of nitrogens with zero attached hydrogens (tertiary/aromatic N) is 6. The van der Waals surface area contributed by atoms with Crippen molar-refractivity contribution in [1.29, 1.82) is 0 Å². The number of rotatable bonds is 54. The van der Waals surface area contributed by atoms with E-state index < -0.39 is 187 Å². The molecule has 9 aromatic rings. The van der Waals surface area contributed by atoms with E-state index in [2.05, 4.69) is 46.3 Å². The minimum atomic E-state index is -3.87. The summed E-state index contributed by atoms with van der Waals surface area (Å²) in [7, 11) is -11.6. The van der Waals surface area contributed by atoms with Gasteiger partial charge in [0.25, 0.3) is 17.7 Å². The van der Waals surface area contributed by atoms with Gasteiger partial charge in [0.1, 0.15) is 64.4 Å². The highest BCUT2D eigenvalue weighted by Gasteiger charge is 2.41. The number of hydrogen-bond acceptors (Lipinski definition) is 21. The zero-order valence-electron chi connectivity index (χ0n) is 80.7. The van der Waals surface area contributed by atoms with Crippen LogP contribution in [0.25, 0.3) is 0 Å². The molecule has 30 nitrogen and oxygen atoms in total. The number of nitrogens with one attached hydrogen (secondary N) is 6. The molecule has 6 amide bonds. The van der Waals surface area contributed by atoms with Crippen LogP contribution in [0.4, 0.5) is 26.3 Å². The van der Waals surface area contributed by atoms with E-state index in [0.717, 1.165) is 107 Å². The Labute approximate surface area is 811 Å². The van der Waals surface area contributed by atoms with Crippen molar-refractivity contribution >= 4 is 65.0 Å². The quantitative estimate of drug-likeness (QED) is 0.0158. The Morgan fingerprint density at radius 3 is 0.971 bits per heavy atom. The molecule has 39 heteroatoms. The Bertz CT molecular complexity index is 5460. The number of aryl methyl sites for hydroxylation is 4. The molecule has 0 aliphatic heterocycles. The maximum Gasteiger partial charge on any atom is 0.272 e. The SMILES string of the molecule is CCCC(CCC)S(=O)(=O)CC(NC(=O)c1cc(C)[nH]n1)C(=O)N(Cc1cccc(CC)c1)C[C@@H](O)[C@@H](N)Cc1cc(F)cc(F)c1.CCCC(CCC)S(=O)(=O)CC(NC(=O)c1cn[nH]c1)C(=O)N(Cc1cccc(CC)c1)C[C@@H](O)[C@@H](N)Cc1cc(F)cc(F)c1.CCCC(CCC)S(=O)(=O)CC(NC(=O)c1cnc[nH]1)C(=O)N(Cc1cccc(CC)c1)C[C@@H](O)[C@@H](N)Cc1cc(F)cc(F)c1. The van der Waals surface area contributed by atoms with Gasteiger partial charge < -0.3 is 68.2 Å². The summed E-state index contributed by atoms with van der Waals surface area (Å²) in [5, 5.41) is 52.1. The number of benzene rings is 6. The zero-order chi connectivity index (χ0) is 102. The van der Waals surface area contributed by atoms with Crippen molar-refractivity contribution in [2.45, 2.75) is 275 Å². The monoisotopic (exact) mass is 2000 g/mol. The van der Waals surface area contributed by atoms with Crippen molar-refractivity contribution in [2.24, 2.45) is 17.2 Å². The van der Waals surface area contributed by atoms with Gasteiger partial charge in [-0.05, 0) is 177 Å². The number of nitrogens with two attached hydrogens (primary N) is 3. The maximum absolute atomic E-state index is 14.4. The van der Waals surface area contributed by atoms with Crippen LogP contribution in [0.1, 0.15) is 226 Å². The molecule has 3 aromatic heterocycles. The highest BCUT2D eigenvalue weighted by molar-refractivity contribution is 7.92. The average molecular weight is 2000 g/mol. The molecule has 0 spiro atoms. The number of carbonyl (C=O) groups is 6. The van der Waals surface area contributed by atoms with Crippen LogP contribution in [0.5, 0.6) is 0 Å². The van der Waals surface area contributed by atoms with E-state index in [-0.39, 0.29) is 92.2 Å². The number of amides is 6.